The number of nitrogens with zero attached hydrogens (tertiary/aromatic N) is 5. The fourth-order valence-electron chi connectivity index (χ4n) is 5.17. The summed E-state index contributed by atoms with van der Waals surface area (Å²) in [7, 11) is 3.88. The molecular weight excluding hydrogens is 445 g/mol. The Balaban J connectivity index is 1.36. The van der Waals surface area contributed by atoms with Crippen LogP contribution in [0.3, 0.4) is 0 Å². The normalized spacial score (nSPS) is 19.1. The molecule has 1 saturated heterocycles. The lowest BCUT2D eigenvalue weighted by Gasteiger charge is -2.35. The van der Waals surface area contributed by atoms with E-state index in [9.17, 15) is 9.18 Å². The summed E-state index contributed by atoms with van der Waals surface area (Å²) in [5.41, 5.74) is 2.66. The zero-order valence-corrected chi connectivity index (χ0v) is 20.4. The van der Waals surface area contributed by atoms with Gasteiger partial charge < -0.3 is 14.5 Å². The minimum Gasteiger partial charge on any atom is -0.372 e. The zero-order valence-electron chi connectivity index (χ0n) is 20.4. The number of rotatable bonds is 5. The van der Waals surface area contributed by atoms with Crippen molar-refractivity contribution in [1.29, 1.82) is 0 Å². The summed E-state index contributed by atoms with van der Waals surface area (Å²) in [6.07, 6.45) is 8.97. The van der Waals surface area contributed by atoms with Gasteiger partial charge in [-0.2, -0.15) is 0 Å². The van der Waals surface area contributed by atoms with Crippen LogP contribution in [0.5, 0.6) is 0 Å². The van der Waals surface area contributed by atoms with Gasteiger partial charge in [0, 0.05) is 50.2 Å². The van der Waals surface area contributed by atoms with Gasteiger partial charge in [0.2, 0.25) is 5.95 Å². The van der Waals surface area contributed by atoms with Gasteiger partial charge in [0.05, 0.1) is 25.0 Å². The largest absolute Gasteiger partial charge is 0.372 e. The van der Waals surface area contributed by atoms with Gasteiger partial charge in [0.1, 0.15) is 6.10 Å². The predicted octanol–water partition coefficient (Wildman–Crippen LogP) is 4.33. The molecule has 8 heteroatoms. The highest BCUT2D eigenvalue weighted by Crippen LogP contribution is 2.30. The summed E-state index contributed by atoms with van der Waals surface area (Å²) in [6, 6.07) is 12.1. The molecule has 0 N–H and O–H groups in total. The van der Waals surface area contributed by atoms with Gasteiger partial charge in [-0.1, -0.05) is 31.4 Å². The lowest BCUT2D eigenvalue weighted by Crippen LogP contribution is -2.41. The van der Waals surface area contributed by atoms with Crippen molar-refractivity contribution in [3.05, 3.63) is 70.5 Å². The van der Waals surface area contributed by atoms with Gasteiger partial charge in [0.25, 0.3) is 5.56 Å². The highest BCUT2D eigenvalue weighted by molar-refractivity contribution is 5.60. The second-order valence-corrected chi connectivity index (χ2v) is 9.49. The number of aromatic nitrogens is 3. The summed E-state index contributed by atoms with van der Waals surface area (Å²) in [6.45, 7) is 1.67. The number of halogens is 1. The Morgan fingerprint density at radius 3 is 2.63 bits per heavy atom. The number of ether oxygens (including phenoxy) is 1. The summed E-state index contributed by atoms with van der Waals surface area (Å²) >= 11 is 0. The molecule has 0 amide bonds. The smallest absolute Gasteiger partial charge is 0.255 e. The van der Waals surface area contributed by atoms with E-state index in [0.29, 0.717) is 37.4 Å². The molecule has 0 spiro atoms. The maximum absolute atomic E-state index is 14.3. The number of anilines is 2. The van der Waals surface area contributed by atoms with Crippen LogP contribution in [0.2, 0.25) is 0 Å². The fourth-order valence-corrected chi connectivity index (χ4v) is 5.17. The van der Waals surface area contributed by atoms with Gasteiger partial charge in [-0.3, -0.25) is 14.3 Å². The first-order chi connectivity index (χ1) is 17.0. The van der Waals surface area contributed by atoms with E-state index in [1.807, 2.05) is 4.90 Å². The molecule has 2 aromatic heterocycles. The molecule has 184 valence electrons. The van der Waals surface area contributed by atoms with Gasteiger partial charge in [-0.05, 0) is 36.6 Å². The van der Waals surface area contributed by atoms with Crippen molar-refractivity contribution in [2.45, 2.75) is 44.2 Å². The molecule has 0 radical (unpaired) electrons. The van der Waals surface area contributed by atoms with E-state index in [2.05, 4.69) is 46.2 Å². The van der Waals surface area contributed by atoms with E-state index in [1.165, 1.54) is 60.7 Å². The molecule has 1 saturated carbocycles. The third kappa shape index (κ3) is 4.93. The Kier molecular flexibility index (Phi) is 6.81. The van der Waals surface area contributed by atoms with Crippen molar-refractivity contribution in [1.82, 2.24) is 14.5 Å². The van der Waals surface area contributed by atoms with Gasteiger partial charge in [-0.25, -0.2) is 9.37 Å². The maximum atomic E-state index is 14.3. The van der Waals surface area contributed by atoms with Crippen molar-refractivity contribution in [2.75, 3.05) is 36.5 Å². The monoisotopic (exact) mass is 477 g/mol. The quantitative estimate of drug-likeness (QED) is 0.545. The molecule has 1 aromatic carbocycles. The number of pyridine rings is 1. The molecule has 0 bridgehead atoms. The highest BCUT2D eigenvalue weighted by Gasteiger charge is 2.26. The predicted molar refractivity (Wildman–Crippen MR) is 135 cm³/mol. The molecular formula is C27H32FN5O2. The Bertz CT molecular complexity index is 1220. The van der Waals surface area contributed by atoms with Gasteiger partial charge in [-0.15, -0.1) is 0 Å². The molecule has 7 nitrogen and oxygen atoms in total. The van der Waals surface area contributed by atoms with E-state index >= 15 is 0 Å². The van der Waals surface area contributed by atoms with Gasteiger partial charge in [0.15, 0.2) is 5.82 Å². The molecule has 2 aliphatic rings. The average molecular weight is 478 g/mol. The van der Waals surface area contributed by atoms with Crippen molar-refractivity contribution in [3.8, 4) is 11.3 Å². The van der Waals surface area contributed by atoms with Crippen molar-refractivity contribution in [2.24, 2.45) is 7.05 Å². The Labute approximate surface area is 205 Å². The fraction of sp³-hybridized carbons (Fsp3) is 0.444. The number of hydrogen-bond donors (Lipinski definition) is 0. The van der Waals surface area contributed by atoms with Crippen LogP contribution < -0.4 is 15.4 Å². The second-order valence-electron chi connectivity index (χ2n) is 9.49. The molecule has 1 aliphatic carbocycles. The minimum absolute atomic E-state index is 0.143. The maximum Gasteiger partial charge on any atom is 0.255 e. The van der Waals surface area contributed by atoms with Crippen LogP contribution in [0.1, 0.15) is 43.8 Å². The van der Waals surface area contributed by atoms with E-state index in [4.69, 9.17) is 4.74 Å². The molecule has 3 heterocycles. The SMILES string of the molecule is CN(c1ccc([C@H]2CN(c3nc(-c4ccncc4F)cc(=O)n3C)CCO2)cc1)C1CCCCC1. The van der Waals surface area contributed by atoms with E-state index < -0.39 is 5.82 Å². The summed E-state index contributed by atoms with van der Waals surface area (Å²) < 4.78 is 21.9. The topological polar surface area (TPSA) is 63.5 Å². The first-order valence-corrected chi connectivity index (χ1v) is 12.4. The molecule has 1 atom stereocenters. The lowest BCUT2D eigenvalue weighted by molar-refractivity contribution is 0.0390. The van der Waals surface area contributed by atoms with Crippen LogP contribution in [0, 0.1) is 5.82 Å². The van der Waals surface area contributed by atoms with Crippen LogP contribution in [0.25, 0.3) is 11.3 Å². The molecule has 3 aromatic rings. The number of morpholine rings is 1. The first kappa shape index (κ1) is 23.5. The number of benzene rings is 1. The van der Waals surface area contributed by atoms with Crippen LogP contribution in [-0.4, -0.2) is 47.3 Å². The standard InChI is InChI=1S/C27H32FN5O2/c1-31(20-6-4-3-5-7-20)21-10-8-19(9-11-21)25-18-33(14-15-35-25)27-30-24(16-26(34)32(27)2)22-12-13-29-17-23(22)28/h8-13,16-17,20,25H,3-7,14-15,18H2,1-2H3/t25-/m1/s1. The summed E-state index contributed by atoms with van der Waals surface area (Å²) in [5, 5.41) is 0. The third-order valence-electron chi connectivity index (χ3n) is 7.30. The van der Waals surface area contributed by atoms with Crippen molar-refractivity contribution >= 4 is 11.6 Å². The van der Waals surface area contributed by atoms with E-state index in [0.717, 1.165) is 11.8 Å². The Hall–Kier alpha value is -3.26. The number of hydrogen-bond acceptors (Lipinski definition) is 6. The third-order valence-corrected chi connectivity index (χ3v) is 7.30. The van der Waals surface area contributed by atoms with Crippen LogP contribution in [0.4, 0.5) is 16.0 Å². The average Bonchev–Trinajstić information content (AvgIpc) is 2.91. The van der Waals surface area contributed by atoms with Crippen LogP contribution >= 0.6 is 0 Å². The molecule has 2 fully saturated rings. The Morgan fingerprint density at radius 2 is 1.89 bits per heavy atom. The second kappa shape index (κ2) is 10.2. The van der Waals surface area contributed by atoms with Crippen molar-refractivity contribution in [3.63, 3.8) is 0 Å². The zero-order chi connectivity index (χ0) is 24.4. The van der Waals surface area contributed by atoms with Gasteiger partial charge >= 0.3 is 0 Å². The first-order valence-electron chi connectivity index (χ1n) is 12.4. The van der Waals surface area contributed by atoms with E-state index in [1.54, 1.807) is 7.05 Å². The van der Waals surface area contributed by atoms with E-state index in [-0.39, 0.29) is 17.2 Å². The minimum atomic E-state index is -0.502. The highest BCUT2D eigenvalue weighted by atomic mass is 19.1. The van der Waals surface area contributed by atoms with Crippen LogP contribution in [0.15, 0.2) is 53.6 Å². The van der Waals surface area contributed by atoms with Crippen molar-refractivity contribution < 1.29 is 9.13 Å². The molecule has 0 unspecified atom stereocenters. The van der Waals surface area contributed by atoms with Crippen LogP contribution in [-0.2, 0) is 11.8 Å². The molecule has 5 rings (SSSR count). The molecule has 35 heavy (non-hydrogen) atoms. The summed E-state index contributed by atoms with van der Waals surface area (Å²) in [4.78, 5) is 25.6. The molecule has 1 aliphatic heterocycles. The summed E-state index contributed by atoms with van der Waals surface area (Å²) in [5.74, 6) is 0.00278. The Morgan fingerprint density at radius 1 is 1.11 bits per heavy atom. The lowest BCUT2D eigenvalue weighted by atomic mass is 9.94.